The molecule has 0 spiro atoms. The first-order valence-electron chi connectivity index (χ1n) is 7.37. The van der Waals surface area contributed by atoms with Gasteiger partial charge in [0.05, 0.1) is 19.1 Å². The summed E-state index contributed by atoms with van der Waals surface area (Å²) < 4.78 is 15.6. The highest BCUT2D eigenvalue weighted by Crippen LogP contribution is 2.37. The maximum atomic E-state index is 12.3. The van der Waals surface area contributed by atoms with E-state index in [4.69, 9.17) is 15.2 Å². The normalized spacial score (nSPS) is 15.2. The summed E-state index contributed by atoms with van der Waals surface area (Å²) in [7, 11) is 2.66. The zero-order valence-electron chi connectivity index (χ0n) is 14.3. The van der Waals surface area contributed by atoms with Crippen molar-refractivity contribution < 1.29 is 33.4 Å². The van der Waals surface area contributed by atoms with E-state index in [-0.39, 0.29) is 17.3 Å². The Balaban J connectivity index is 2.30. The van der Waals surface area contributed by atoms with Crippen molar-refractivity contribution in [3.05, 3.63) is 27.1 Å². The molecule has 3 amide bonds. The topological polar surface area (TPSA) is 125 Å². The highest BCUT2D eigenvalue weighted by Gasteiger charge is 2.36. The molecule has 0 bridgehead atoms. The van der Waals surface area contributed by atoms with Crippen LogP contribution < -0.4 is 15.2 Å². The zero-order valence-corrected chi connectivity index (χ0v) is 16.7. The summed E-state index contributed by atoms with van der Waals surface area (Å²) in [4.78, 5) is 47.3. The Morgan fingerprint density at radius 2 is 1.96 bits per heavy atom. The third-order valence-corrected chi connectivity index (χ3v) is 4.92. The lowest BCUT2D eigenvalue weighted by molar-refractivity contribution is -0.143. The molecule has 0 saturated carbocycles. The van der Waals surface area contributed by atoms with Crippen LogP contribution in [0.2, 0.25) is 0 Å². The number of hydrogen-bond acceptors (Lipinski definition) is 8. The number of rotatable bonds is 7. The molecule has 1 aliphatic heterocycles. The van der Waals surface area contributed by atoms with Gasteiger partial charge in [-0.25, -0.2) is 4.79 Å². The monoisotopic (exact) mass is 458 g/mol. The predicted octanol–water partition coefficient (Wildman–Crippen LogP) is 1.53. The molecule has 9 nitrogen and oxygen atoms in total. The van der Waals surface area contributed by atoms with Crippen LogP contribution in [0.25, 0.3) is 6.08 Å². The minimum atomic E-state index is -0.784. The molecule has 11 heteroatoms. The largest absolute Gasteiger partial charge is 0.493 e. The second-order valence-electron chi connectivity index (χ2n) is 5.12. The van der Waals surface area contributed by atoms with E-state index >= 15 is 0 Å². The molecule has 1 saturated heterocycles. The number of benzene rings is 1. The van der Waals surface area contributed by atoms with Gasteiger partial charge in [0.15, 0.2) is 18.1 Å². The van der Waals surface area contributed by atoms with Crippen LogP contribution in [-0.2, 0) is 19.1 Å². The Kier molecular flexibility index (Phi) is 6.86. The highest BCUT2D eigenvalue weighted by atomic mass is 79.9. The van der Waals surface area contributed by atoms with E-state index in [1.807, 2.05) is 0 Å². The van der Waals surface area contributed by atoms with Gasteiger partial charge >= 0.3 is 5.97 Å². The lowest BCUT2D eigenvalue weighted by Gasteiger charge is -2.12. The van der Waals surface area contributed by atoms with Gasteiger partial charge in [-0.05, 0) is 35.5 Å². The number of ether oxygens (including phenoxy) is 3. The van der Waals surface area contributed by atoms with Gasteiger partial charge in [-0.15, -0.1) is 0 Å². The van der Waals surface area contributed by atoms with E-state index in [1.165, 1.54) is 20.3 Å². The molecular weight excluding hydrogens is 444 g/mol. The van der Waals surface area contributed by atoms with Gasteiger partial charge in [0.1, 0.15) is 6.54 Å². The van der Waals surface area contributed by atoms with Crippen LogP contribution in [0.1, 0.15) is 5.56 Å². The minimum Gasteiger partial charge on any atom is -0.493 e. The Morgan fingerprint density at radius 3 is 2.56 bits per heavy atom. The minimum absolute atomic E-state index is 0.132. The van der Waals surface area contributed by atoms with Crippen molar-refractivity contribution in [1.29, 1.82) is 0 Å². The molecule has 0 unspecified atom stereocenters. The number of thioether (sulfide) groups is 1. The van der Waals surface area contributed by atoms with E-state index < -0.39 is 29.6 Å². The van der Waals surface area contributed by atoms with Gasteiger partial charge in [0.2, 0.25) is 5.91 Å². The second-order valence-corrected chi connectivity index (χ2v) is 6.97. The summed E-state index contributed by atoms with van der Waals surface area (Å²) in [6, 6.07) is 3.13. The fourth-order valence-electron chi connectivity index (χ4n) is 2.06. The summed E-state index contributed by atoms with van der Waals surface area (Å²) in [5.41, 5.74) is 5.58. The molecular formula is C16H15BrN2O7S. The van der Waals surface area contributed by atoms with Crippen molar-refractivity contribution >= 4 is 56.8 Å². The van der Waals surface area contributed by atoms with Crippen LogP contribution in [0.4, 0.5) is 4.79 Å². The molecule has 0 aliphatic carbocycles. The number of nitrogens with two attached hydrogens (primary N) is 1. The predicted molar refractivity (Wildman–Crippen MR) is 100 cm³/mol. The van der Waals surface area contributed by atoms with Crippen molar-refractivity contribution in [2.45, 2.75) is 0 Å². The molecule has 1 aromatic rings. The van der Waals surface area contributed by atoms with Crippen molar-refractivity contribution in [3.63, 3.8) is 0 Å². The maximum absolute atomic E-state index is 12.3. The molecule has 1 fully saturated rings. The lowest BCUT2D eigenvalue weighted by Crippen LogP contribution is -2.36. The van der Waals surface area contributed by atoms with Crippen molar-refractivity contribution in [2.24, 2.45) is 5.73 Å². The average molecular weight is 459 g/mol. The van der Waals surface area contributed by atoms with Crippen LogP contribution in [-0.4, -0.2) is 55.3 Å². The van der Waals surface area contributed by atoms with Gasteiger partial charge < -0.3 is 19.9 Å². The number of halogens is 1. The Labute approximate surface area is 166 Å². The quantitative estimate of drug-likeness (QED) is 0.481. The molecule has 0 aromatic heterocycles. The van der Waals surface area contributed by atoms with Crippen LogP contribution in [0.3, 0.4) is 0 Å². The lowest BCUT2D eigenvalue weighted by atomic mass is 10.2. The number of methoxy groups -OCH3 is 2. The average Bonchev–Trinajstić information content (AvgIpc) is 2.88. The SMILES string of the molecule is COC(=O)COc1cc(Br)c(/C=C2\SC(=O)N(CC(N)=O)C2=O)cc1OC. The van der Waals surface area contributed by atoms with Crippen molar-refractivity contribution in [3.8, 4) is 11.5 Å². The van der Waals surface area contributed by atoms with E-state index in [0.29, 0.717) is 27.5 Å². The zero-order chi connectivity index (χ0) is 20.1. The van der Waals surface area contributed by atoms with Crippen molar-refractivity contribution in [2.75, 3.05) is 27.4 Å². The number of carbonyl (C=O) groups excluding carboxylic acids is 4. The van der Waals surface area contributed by atoms with Crippen LogP contribution in [0, 0.1) is 0 Å². The number of carbonyl (C=O) groups is 4. The first-order valence-corrected chi connectivity index (χ1v) is 8.98. The van der Waals surface area contributed by atoms with Gasteiger partial charge in [-0.2, -0.15) is 0 Å². The van der Waals surface area contributed by atoms with E-state index in [2.05, 4.69) is 20.7 Å². The summed E-state index contributed by atoms with van der Waals surface area (Å²) in [6.07, 6.45) is 1.47. The number of amides is 3. The Bertz CT molecular complexity index is 840. The third-order valence-electron chi connectivity index (χ3n) is 3.33. The number of primary amides is 1. The Morgan fingerprint density at radius 1 is 1.26 bits per heavy atom. The molecule has 0 atom stereocenters. The van der Waals surface area contributed by atoms with Gasteiger partial charge in [-0.3, -0.25) is 19.3 Å². The summed E-state index contributed by atoms with van der Waals surface area (Å²) in [5.74, 6) is -1.35. The van der Waals surface area contributed by atoms with Crippen LogP contribution in [0.5, 0.6) is 11.5 Å². The standard InChI is InChI=1S/C16H15BrN2O7S/c1-24-10-3-8(9(17)5-11(10)26-7-14(21)25-2)4-12-15(22)19(6-13(18)20)16(23)27-12/h3-5H,6-7H2,1-2H3,(H2,18,20)/b12-4-. The first kappa shape index (κ1) is 20.8. The van der Waals surface area contributed by atoms with Gasteiger partial charge in [-0.1, -0.05) is 15.9 Å². The number of esters is 1. The number of imide groups is 1. The van der Waals surface area contributed by atoms with Gasteiger partial charge in [0, 0.05) is 4.47 Å². The molecule has 1 aromatic carbocycles. The molecule has 2 rings (SSSR count). The summed E-state index contributed by atoms with van der Waals surface area (Å²) in [5, 5.41) is -0.578. The summed E-state index contributed by atoms with van der Waals surface area (Å²) in [6.45, 7) is -0.780. The molecule has 2 N–H and O–H groups in total. The van der Waals surface area contributed by atoms with Crippen LogP contribution >= 0.6 is 27.7 Å². The molecule has 0 radical (unpaired) electrons. The van der Waals surface area contributed by atoms with E-state index in [0.717, 1.165) is 4.90 Å². The van der Waals surface area contributed by atoms with Gasteiger partial charge in [0.25, 0.3) is 11.1 Å². The second kappa shape index (κ2) is 8.91. The number of nitrogens with zero attached hydrogens (tertiary/aromatic N) is 1. The fourth-order valence-corrected chi connectivity index (χ4v) is 3.33. The smallest absolute Gasteiger partial charge is 0.343 e. The third kappa shape index (κ3) is 5.01. The van der Waals surface area contributed by atoms with E-state index in [1.54, 1.807) is 12.1 Å². The fraction of sp³-hybridized carbons (Fsp3) is 0.250. The number of hydrogen-bond donors (Lipinski definition) is 1. The Hall–Kier alpha value is -2.53. The molecule has 1 heterocycles. The summed E-state index contributed by atoms with van der Waals surface area (Å²) >= 11 is 4.04. The molecule has 144 valence electrons. The molecule has 1 aliphatic rings. The highest BCUT2D eigenvalue weighted by molar-refractivity contribution is 9.10. The maximum Gasteiger partial charge on any atom is 0.343 e. The molecule has 27 heavy (non-hydrogen) atoms. The van der Waals surface area contributed by atoms with Crippen LogP contribution in [0.15, 0.2) is 21.5 Å². The first-order chi connectivity index (χ1) is 12.8. The van der Waals surface area contributed by atoms with E-state index in [9.17, 15) is 19.2 Å². The van der Waals surface area contributed by atoms with Crippen molar-refractivity contribution in [1.82, 2.24) is 4.90 Å².